The molecule has 1 heterocycles. The second-order valence-corrected chi connectivity index (χ2v) is 4.90. The molecule has 1 unspecified atom stereocenters. The number of nitrogens with zero attached hydrogens (tertiary/aromatic N) is 3. The van der Waals surface area contributed by atoms with Gasteiger partial charge >= 0.3 is 5.97 Å². The zero-order valence-corrected chi connectivity index (χ0v) is 12.0. The van der Waals surface area contributed by atoms with E-state index in [-0.39, 0.29) is 5.92 Å². The van der Waals surface area contributed by atoms with E-state index in [1.807, 2.05) is 27.7 Å². The van der Waals surface area contributed by atoms with Gasteiger partial charge in [-0.3, -0.25) is 0 Å². The van der Waals surface area contributed by atoms with Gasteiger partial charge < -0.3 is 10.4 Å². The molecule has 1 rings (SSSR count). The SMILES string of the molecule is CCc1nnc(NC(CC(C)C)C(=O)O)nc1CC. The van der Waals surface area contributed by atoms with Crippen molar-refractivity contribution < 1.29 is 9.90 Å². The first kappa shape index (κ1) is 15.3. The van der Waals surface area contributed by atoms with Gasteiger partial charge in [0, 0.05) is 0 Å². The lowest BCUT2D eigenvalue weighted by Gasteiger charge is -2.16. The van der Waals surface area contributed by atoms with Crippen molar-refractivity contribution in [2.75, 3.05) is 5.32 Å². The number of aromatic nitrogens is 3. The number of aryl methyl sites for hydroxylation is 2. The van der Waals surface area contributed by atoms with Gasteiger partial charge in [0.25, 0.3) is 0 Å². The third-order valence-corrected chi connectivity index (χ3v) is 2.82. The first-order valence-electron chi connectivity index (χ1n) is 6.69. The van der Waals surface area contributed by atoms with Crippen LogP contribution in [0, 0.1) is 5.92 Å². The smallest absolute Gasteiger partial charge is 0.326 e. The molecule has 1 atom stereocenters. The molecule has 6 nitrogen and oxygen atoms in total. The molecule has 1 aromatic heterocycles. The molecule has 19 heavy (non-hydrogen) atoms. The Bertz CT molecular complexity index is 435. The van der Waals surface area contributed by atoms with Crippen LogP contribution >= 0.6 is 0 Å². The van der Waals surface area contributed by atoms with Gasteiger partial charge in [-0.2, -0.15) is 5.10 Å². The molecule has 0 radical (unpaired) electrons. The monoisotopic (exact) mass is 266 g/mol. The Balaban J connectivity index is 2.87. The first-order chi connectivity index (χ1) is 8.97. The number of carboxylic acid groups (broad SMARTS) is 1. The molecule has 0 fully saturated rings. The van der Waals surface area contributed by atoms with Crippen molar-refractivity contribution in [2.45, 2.75) is 53.0 Å². The van der Waals surface area contributed by atoms with Crippen LogP contribution in [0.2, 0.25) is 0 Å². The second kappa shape index (κ2) is 7.01. The molecule has 2 N–H and O–H groups in total. The highest BCUT2D eigenvalue weighted by Gasteiger charge is 2.20. The maximum atomic E-state index is 11.2. The molecule has 0 saturated carbocycles. The van der Waals surface area contributed by atoms with Crippen LogP contribution in [0.1, 0.15) is 45.5 Å². The van der Waals surface area contributed by atoms with E-state index in [1.165, 1.54) is 0 Å². The number of aliphatic carboxylic acids is 1. The summed E-state index contributed by atoms with van der Waals surface area (Å²) in [5.41, 5.74) is 1.73. The molecule has 0 bridgehead atoms. The van der Waals surface area contributed by atoms with Crippen molar-refractivity contribution in [1.29, 1.82) is 0 Å². The van der Waals surface area contributed by atoms with Crippen LogP contribution in [0.4, 0.5) is 5.95 Å². The van der Waals surface area contributed by atoms with Gasteiger partial charge in [0.1, 0.15) is 6.04 Å². The highest BCUT2D eigenvalue weighted by Crippen LogP contribution is 2.11. The fourth-order valence-electron chi connectivity index (χ4n) is 1.85. The molecule has 1 aromatic rings. The summed E-state index contributed by atoms with van der Waals surface area (Å²) in [4.78, 5) is 15.5. The van der Waals surface area contributed by atoms with Gasteiger partial charge in [-0.1, -0.05) is 27.7 Å². The lowest BCUT2D eigenvalue weighted by Crippen LogP contribution is -2.32. The Morgan fingerprint density at radius 1 is 1.21 bits per heavy atom. The molecule has 0 saturated heterocycles. The molecule has 0 aliphatic heterocycles. The average Bonchev–Trinajstić information content (AvgIpc) is 2.37. The third kappa shape index (κ3) is 4.46. The molecule has 6 heteroatoms. The van der Waals surface area contributed by atoms with E-state index in [2.05, 4.69) is 20.5 Å². The van der Waals surface area contributed by atoms with E-state index in [0.29, 0.717) is 12.4 Å². The molecular formula is C13H22N4O2. The van der Waals surface area contributed by atoms with Crippen LogP contribution < -0.4 is 5.32 Å². The van der Waals surface area contributed by atoms with Crippen molar-refractivity contribution in [3.8, 4) is 0 Å². The number of hydrogen-bond donors (Lipinski definition) is 2. The molecule has 0 aromatic carbocycles. The Morgan fingerprint density at radius 2 is 1.84 bits per heavy atom. The molecule has 0 spiro atoms. The first-order valence-corrected chi connectivity index (χ1v) is 6.69. The van der Waals surface area contributed by atoms with Crippen LogP contribution in [0.3, 0.4) is 0 Å². The zero-order valence-electron chi connectivity index (χ0n) is 12.0. The largest absolute Gasteiger partial charge is 0.480 e. The standard InChI is InChI=1S/C13H22N4O2/c1-5-9-10(6-2)16-17-13(14-9)15-11(12(18)19)7-8(3)4/h8,11H,5-7H2,1-4H3,(H,18,19)(H,14,15,17). The lowest BCUT2D eigenvalue weighted by molar-refractivity contribution is -0.138. The Morgan fingerprint density at radius 3 is 2.32 bits per heavy atom. The third-order valence-electron chi connectivity index (χ3n) is 2.82. The number of carboxylic acids is 1. The summed E-state index contributed by atoms with van der Waals surface area (Å²) in [5.74, 6) is -0.320. The van der Waals surface area contributed by atoms with E-state index >= 15 is 0 Å². The van der Waals surface area contributed by atoms with Gasteiger partial charge in [0.15, 0.2) is 0 Å². The van der Waals surface area contributed by atoms with E-state index in [9.17, 15) is 9.90 Å². The van der Waals surface area contributed by atoms with E-state index < -0.39 is 12.0 Å². The fraction of sp³-hybridized carbons (Fsp3) is 0.692. The second-order valence-electron chi connectivity index (χ2n) is 4.90. The summed E-state index contributed by atoms with van der Waals surface area (Å²) in [6.45, 7) is 7.95. The van der Waals surface area contributed by atoms with Gasteiger partial charge in [-0.15, -0.1) is 5.10 Å². The summed E-state index contributed by atoms with van der Waals surface area (Å²) in [5, 5.41) is 20.1. The van der Waals surface area contributed by atoms with Crippen LogP contribution in [0.25, 0.3) is 0 Å². The predicted molar refractivity (Wildman–Crippen MR) is 73.1 cm³/mol. The summed E-state index contributed by atoms with van der Waals surface area (Å²) in [6.07, 6.45) is 2.06. The summed E-state index contributed by atoms with van der Waals surface area (Å²) in [6, 6.07) is -0.681. The van der Waals surface area contributed by atoms with Gasteiger partial charge in [-0.05, 0) is 25.2 Å². The maximum absolute atomic E-state index is 11.2. The van der Waals surface area contributed by atoms with Crippen LogP contribution in [-0.2, 0) is 17.6 Å². The van der Waals surface area contributed by atoms with Crippen LogP contribution in [0.15, 0.2) is 0 Å². The minimum absolute atomic E-state index is 0.280. The number of nitrogens with one attached hydrogen (secondary N) is 1. The number of carbonyl (C=O) groups is 1. The molecule has 106 valence electrons. The summed E-state index contributed by atoms with van der Waals surface area (Å²) < 4.78 is 0. The molecular weight excluding hydrogens is 244 g/mol. The van der Waals surface area contributed by atoms with E-state index in [4.69, 9.17) is 0 Å². The molecule has 0 aliphatic carbocycles. The van der Waals surface area contributed by atoms with Crippen molar-refractivity contribution >= 4 is 11.9 Å². The van der Waals surface area contributed by atoms with Gasteiger partial charge in [-0.25, -0.2) is 9.78 Å². The summed E-state index contributed by atoms with van der Waals surface area (Å²) in [7, 11) is 0. The molecule has 0 aliphatic rings. The normalized spacial score (nSPS) is 12.5. The van der Waals surface area contributed by atoms with Crippen LogP contribution in [0.5, 0.6) is 0 Å². The van der Waals surface area contributed by atoms with Crippen molar-refractivity contribution in [3.63, 3.8) is 0 Å². The average molecular weight is 266 g/mol. The quantitative estimate of drug-likeness (QED) is 0.783. The number of hydrogen-bond acceptors (Lipinski definition) is 5. The Labute approximate surface area is 113 Å². The lowest BCUT2D eigenvalue weighted by atomic mass is 10.0. The number of rotatable bonds is 7. The minimum Gasteiger partial charge on any atom is -0.480 e. The van der Waals surface area contributed by atoms with Crippen molar-refractivity contribution in [3.05, 3.63) is 11.4 Å². The Kier molecular flexibility index (Phi) is 5.66. The minimum atomic E-state index is -0.894. The Hall–Kier alpha value is -1.72. The van der Waals surface area contributed by atoms with E-state index in [1.54, 1.807) is 0 Å². The van der Waals surface area contributed by atoms with Crippen LogP contribution in [-0.4, -0.2) is 32.3 Å². The summed E-state index contributed by atoms with van der Waals surface area (Å²) >= 11 is 0. The van der Waals surface area contributed by atoms with Crippen molar-refractivity contribution in [2.24, 2.45) is 5.92 Å². The number of anilines is 1. The maximum Gasteiger partial charge on any atom is 0.326 e. The van der Waals surface area contributed by atoms with E-state index in [0.717, 1.165) is 24.2 Å². The highest BCUT2D eigenvalue weighted by atomic mass is 16.4. The topological polar surface area (TPSA) is 88.0 Å². The highest BCUT2D eigenvalue weighted by molar-refractivity contribution is 5.76. The molecule has 0 amide bonds. The van der Waals surface area contributed by atoms with Gasteiger partial charge in [0.2, 0.25) is 5.95 Å². The fourth-order valence-corrected chi connectivity index (χ4v) is 1.85. The predicted octanol–water partition coefficient (Wildman–Crippen LogP) is 1.91. The zero-order chi connectivity index (χ0) is 14.4. The van der Waals surface area contributed by atoms with Crippen molar-refractivity contribution in [1.82, 2.24) is 15.2 Å². The van der Waals surface area contributed by atoms with Gasteiger partial charge in [0.05, 0.1) is 11.4 Å².